The minimum absolute atomic E-state index is 0.00555. The maximum Gasteiger partial charge on any atom is 0.131 e. The second-order valence-corrected chi connectivity index (χ2v) is 5.22. The monoisotopic (exact) mass is 281 g/mol. The SMILES string of the molecule is CCNC(CC1CCCCO1)c1ccc(OC)cc1F. The van der Waals surface area contributed by atoms with Crippen LogP contribution in [0, 0.1) is 5.82 Å². The van der Waals surface area contributed by atoms with Gasteiger partial charge in [-0.2, -0.15) is 0 Å². The fraction of sp³-hybridized carbons (Fsp3) is 0.625. The van der Waals surface area contributed by atoms with Crippen LogP contribution in [0.2, 0.25) is 0 Å². The molecule has 1 aromatic carbocycles. The van der Waals surface area contributed by atoms with E-state index in [1.54, 1.807) is 7.11 Å². The molecule has 0 radical (unpaired) electrons. The van der Waals surface area contributed by atoms with Gasteiger partial charge in [0, 0.05) is 24.3 Å². The normalized spacial score (nSPS) is 20.6. The summed E-state index contributed by atoms with van der Waals surface area (Å²) in [4.78, 5) is 0. The number of hydrogen-bond acceptors (Lipinski definition) is 3. The van der Waals surface area contributed by atoms with Crippen LogP contribution in [-0.2, 0) is 4.74 Å². The van der Waals surface area contributed by atoms with Gasteiger partial charge in [-0.1, -0.05) is 13.0 Å². The van der Waals surface area contributed by atoms with Crippen LogP contribution in [0.15, 0.2) is 18.2 Å². The van der Waals surface area contributed by atoms with Crippen molar-refractivity contribution < 1.29 is 13.9 Å². The number of rotatable bonds is 6. The zero-order chi connectivity index (χ0) is 14.4. The first-order valence-electron chi connectivity index (χ1n) is 7.43. The van der Waals surface area contributed by atoms with Gasteiger partial charge in [0.1, 0.15) is 11.6 Å². The van der Waals surface area contributed by atoms with E-state index in [0.717, 1.165) is 32.4 Å². The summed E-state index contributed by atoms with van der Waals surface area (Å²) in [6.45, 7) is 3.67. The molecule has 1 fully saturated rings. The molecule has 2 rings (SSSR count). The molecular formula is C16H24FNO2. The van der Waals surface area contributed by atoms with Crippen molar-refractivity contribution in [1.82, 2.24) is 5.32 Å². The highest BCUT2D eigenvalue weighted by molar-refractivity contribution is 5.31. The van der Waals surface area contributed by atoms with Crippen LogP contribution >= 0.6 is 0 Å². The lowest BCUT2D eigenvalue weighted by molar-refractivity contribution is 0.00494. The fourth-order valence-corrected chi connectivity index (χ4v) is 2.74. The average Bonchev–Trinajstić information content (AvgIpc) is 2.48. The lowest BCUT2D eigenvalue weighted by Gasteiger charge is -2.28. The Balaban J connectivity index is 2.10. The molecule has 1 aliphatic rings. The van der Waals surface area contributed by atoms with Crippen molar-refractivity contribution in [3.8, 4) is 5.75 Å². The number of benzene rings is 1. The van der Waals surface area contributed by atoms with E-state index in [9.17, 15) is 4.39 Å². The molecule has 0 bridgehead atoms. The van der Waals surface area contributed by atoms with E-state index >= 15 is 0 Å². The Morgan fingerprint density at radius 1 is 1.45 bits per heavy atom. The van der Waals surface area contributed by atoms with E-state index in [1.165, 1.54) is 12.5 Å². The van der Waals surface area contributed by atoms with Crippen LogP contribution in [0.25, 0.3) is 0 Å². The van der Waals surface area contributed by atoms with Crippen LogP contribution in [-0.4, -0.2) is 26.4 Å². The smallest absolute Gasteiger partial charge is 0.131 e. The number of ether oxygens (including phenoxy) is 2. The predicted molar refractivity (Wildman–Crippen MR) is 77.6 cm³/mol. The quantitative estimate of drug-likeness (QED) is 0.866. The van der Waals surface area contributed by atoms with E-state index in [0.29, 0.717) is 11.3 Å². The van der Waals surface area contributed by atoms with Gasteiger partial charge in [-0.25, -0.2) is 4.39 Å². The van der Waals surface area contributed by atoms with Crippen molar-refractivity contribution in [3.63, 3.8) is 0 Å². The molecule has 20 heavy (non-hydrogen) atoms. The molecule has 1 heterocycles. The second kappa shape index (κ2) is 7.60. The maximum atomic E-state index is 14.2. The Hall–Kier alpha value is -1.13. The Labute approximate surface area is 120 Å². The first-order valence-corrected chi connectivity index (χ1v) is 7.43. The molecule has 1 N–H and O–H groups in total. The summed E-state index contributed by atoms with van der Waals surface area (Å²) in [5, 5.41) is 3.36. The Morgan fingerprint density at radius 3 is 2.90 bits per heavy atom. The Kier molecular flexibility index (Phi) is 5.80. The van der Waals surface area contributed by atoms with Crippen LogP contribution in [0.3, 0.4) is 0 Å². The van der Waals surface area contributed by atoms with Gasteiger partial charge >= 0.3 is 0 Å². The van der Waals surface area contributed by atoms with Gasteiger partial charge in [0.05, 0.1) is 13.2 Å². The summed E-state index contributed by atoms with van der Waals surface area (Å²) in [5.41, 5.74) is 0.696. The van der Waals surface area contributed by atoms with E-state index in [4.69, 9.17) is 9.47 Å². The summed E-state index contributed by atoms with van der Waals surface area (Å²) in [6.07, 6.45) is 4.46. The van der Waals surface area contributed by atoms with Gasteiger partial charge in [0.15, 0.2) is 0 Å². The molecule has 2 atom stereocenters. The van der Waals surface area contributed by atoms with Crippen molar-refractivity contribution in [2.75, 3.05) is 20.3 Å². The molecule has 0 saturated carbocycles. The van der Waals surface area contributed by atoms with Gasteiger partial charge in [-0.15, -0.1) is 0 Å². The van der Waals surface area contributed by atoms with Crippen LogP contribution in [0.5, 0.6) is 5.75 Å². The minimum atomic E-state index is -0.217. The number of nitrogens with one attached hydrogen (secondary N) is 1. The second-order valence-electron chi connectivity index (χ2n) is 5.22. The van der Waals surface area contributed by atoms with E-state index in [-0.39, 0.29) is 18.0 Å². The Bertz CT molecular complexity index is 419. The van der Waals surface area contributed by atoms with Gasteiger partial charge in [-0.3, -0.25) is 0 Å². The molecule has 4 heteroatoms. The fourth-order valence-electron chi connectivity index (χ4n) is 2.74. The summed E-state index contributed by atoms with van der Waals surface area (Å²) in [7, 11) is 1.55. The summed E-state index contributed by atoms with van der Waals surface area (Å²) < 4.78 is 25.0. The largest absolute Gasteiger partial charge is 0.497 e. The molecule has 1 aliphatic heterocycles. The molecule has 1 aromatic rings. The van der Waals surface area contributed by atoms with Gasteiger partial charge < -0.3 is 14.8 Å². The molecule has 0 spiro atoms. The molecule has 112 valence electrons. The molecule has 2 unspecified atom stereocenters. The molecular weight excluding hydrogens is 257 g/mol. The first-order chi connectivity index (χ1) is 9.74. The third-order valence-corrected chi connectivity index (χ3v) is 3.81. The third kappa shape index (κ3) is 3.93. The van der Waals surface area contributed by atoms with Crippen molar-refractivity contribution in [1.29, 1.82) is 0 Å². The highest BCUT2D eigenvalue weighted by atomic mass is 19.1. The third-order valence-electron chi connectivity index (χ3n) is 3.81. The minimum Gasteiger partial charge on any atom is -0.497 e. The average molecular weight is 281 g/mol. The Morgan fingerprint density at radius 2 is 2.30 bits per heavy atom. The number of methoxy groups -OCH3 is 1. The van der Waals surface area contributed by atoms with Crippen molar-refractivity contribution in [3.05, 3.63) is 29.6 Å². The topological polar surface area (TPSA) is 30.5 Å². The van der Waals surface area contributed by atoms with E-state index < -0.39 is 0 Å². The summed E-state index contributed by atoms with van der Waals surface area (Å²) >= 11 is 0. The first kappa shape index (κ1) is 15.3. The summed E-state index contributed by atoms with van der Waals surface area (Å²) in [5.74, 6) is 0.335. The standard InChI is InChI=1S/C16H24FNO2/c1-3-18-16(11-13-6-4-5-9-20-13)14-8-7-12(19-2)10-15(14)17/h7-8,10,13,16,18H,3-6,9,11H2,1-2H3. The van der Waals surface area contributed by atoms with Gasteiger partial charge in [0.25, 0.3) is 0 Å². The van der Waals surface area contributed by atoms with Crippen LogP contribution in [0.1, 0.15) is 44.2 Å². The molecule has 0 aromatic heterocycles. The zero-order valence-corrected chi connectivity index (χ0v) is 12.3. The molecule has 3 nitrogen and oxygen atoms in total. The van der Waals surface area contributed by atoms with E-state index in [1.807, 2.05) is 19.1 Å². The predicted octanol–water partition coefficient (Wildman–Crippen LogP) is 3.44. The zero-order valence-electron chi connectivity index (χ0n) is 12.3. The molecule has 1 saturated heterocycles. The molecule has 0 amide bonds. The van der Waals surface area contributed by atoms with Crippen LogP contribution in [0.4, 0.5) is 4.39 Å². The lowest BCUT2D eigenvalue weighted by atomic mass is 9.96. The lowest BCUT2D eigenvalue weighted by Crippen LogP contribution is -2.29. The van der Waals surface area contributed by atoms with Crippen molar-refractivity contribution in [2.45, 2.75) is 44.8 Å². The van der Waals surface area contributed by atoms with E-state index in [2.05, 4.69) is 5.32 Å². The van der Waals surface area contributed by atoms with Crippen LogP contribution < -0.4 is 10.1 Å². The number of halogens is 1. The maximum absolute atomic E-state index is 14.2. The number of hydrogen-bond donors (Lipinski definition) is 1. The highest BCUT2D eigenvalue weighted by Gasteiger charge is 2.22. The van der Waals surface area contributed by atoms with Gasteiger partial charge in [0.2, 0.25) is 0 Å². The van der Waals surface area contributed by atoms with Crippen molar-refractivity contribution in [2.24, 2.45) is 0 Å². The molecule has 0 aliphatic carbocycles. The van der Waals surface area contributed by atoms with Gasteiger partial charge in [-0.05, 0) is 38.3 Å². The highest BCUT2D eigenvalue weighted by Crippen LogP contribution is 2.28. The summed E-state index contributed by atoms with van der Waals surface area (Å²) in [6, 6.07) is 5.06. The van der Waals surface area contributed by atoms with Crippen molar-refractivity contribution >= 4 is 0 Å².